The van der Waals surface area contributed by atoms with Gasteiger partial charge in [0.05, 0.1) is 0 Å². The fourth-order valence-corrected chi connectivity index (χ4v) is 2.89. The van der Waals surface area contributed by atoms with Crippen molar-refractivity contribution < 1.29 is 0 Å². The molecule has 90 valence electrons. The monoisotopic (exact) mass is 267 g/mol. The predicted octanol–water partition coefficient (Wildman–Crippen LogP) is 2.61. The summed E-state index contributed by atoms with van der Waals surface area (Å²) in [6.07, 6.45) is 2.64. The standard InChI is InChI=1S/C10H13N5S2/c1-3-4-11-8-5-9(13-6-12-8)17-10-15-14-7(2)16-10/h5-6H,3-4H2,1-2H3,(H,11,12,13). The van der Waals surface area contributed by atoms with Crippen LogP contribution in [0.1, 0.15) is 18.4 Å². The highest BCUT2D eigenvalue weighted by Gasteiger charge is 2.05. The van der Waals surface area contributed by atoms with Gasteiger partial charge in [0, 0.05) is 12.6 Å². The van der Waals surface area contributed by atoms with Crippen molar-refractivity contribution >= 4 is 28.9 Å². The average molecular weight is 267 g/mol. The third-order valence-electron chi connectivity index (χ3n) is 1.90. The predicted molar refractivity (Wildman–Crippen MR) is 69.6 cm³/mol. The molecule has 2 aromatic heterocycles. The van der Waals surface area contributed by atoms with E-state index in [1.165, 1.54) is 11.8 Å². The number of hydrogen-bond acceptors (Lipinski definition) is 7. The van der Waals surface area contributed by atoms with Gasteiger partial charge in [0.1, 0.15) is 22.2 Å². The maximum Gasteiger partial charge on any atom is 0.180 e. The van der Waals surface area contributed by atoms with Gasteiger partial charge in [0.2, 0.25) is 0 Å². The minimum absolute atomic E-state index is 0.852. The molecule has 1 N–H and O–H groups in total. The summed E-state index contributed by atoms with van der Waals surface area (Å²) < 4.78 is 0.905. The van der Waals surface area contributed by atoms with Crippen molar-refractivity contribution in [1.29, 1.82) is 0 Å². The van der Waals surface area contributed by atoms with E-state index in [0.717, 1.165) is 33.2 Å². The highest BCUT2D eigenvalue weighted by molar-refractivity contribution is 8.01. The number of rotatable bonds is 5. The summed E-state index contributed by atoms with van der Waals surface area (Å²) >= 11 is 3.08. The zero-order chi connectivity index (χ0) is 12.1. The van der Waals surface area contributed by atoms with E-state index in [1.807, 2.05) is 13.0 Å². The Hall–Kier alpha value is -1.21. The highest BCUT2D eigenvalue weighted by Crippen LogP contribution is 2.28. The molecule has 2 aromatic rings. The SMILES string of the molecule is CCCNc1cc(Sc2nnc(C)s2)ncn1. The van der Waals surface area contributed by atoms with Crippen LogP contribution in [0.2, 0.25) is 0 Å². The van der Waals surface area contributed by atoms with Crippen LogP contribution in [0.5, 0.6) is 0 Å². The lowest BCUT2D eigenvalue weighted by Crippen LogP contribution is -2.02. The summed E-state index contributed by atoms with van der Waals surface area (Å²) in [6, 6.07) is 1.93. The summed E-state index contributed by atoms with van der Waals surface area (Å²) in [5.74, 6) is 0.852. The Morgan fingerprint density at radius 3 is 2.94 bits per heavy atom. The van der Waals surface area contributed by atoms with E-state index >= 15 is 0 Å². The Kier molecular flexibility index (Phi) is 4.27. The van der Waals surface area contributed by atoms with Crippen molar-refractivity contribution in [3.05, 3.63) is 17.4 Å². The zero-order valence-electron chi connectivity index (χ0n) is 9.67. The maximum absolute atomic E-state index is 4.20. The molecule has 2 rings (SSSR count). The molecule has 0 bridgehead atoms. The second-order valence-electron chi connectivity index (χ2n) is 3.36. The highest BCUT2D eigenvalue weighted by atomic mass is 32.2. The molecular weight excluding hydrogens is 254 g/mol. The number of hydrogen-bond donors (Lipinski definition) is 1. The summed E-state index contributed by atoms with van der Waals surface area (Å²) in [5.41, 5.74) is 0. The van der Waals surface area contributed by atoms with Gasteiger partial charge in [-0.2, -0.15) is 0 Å². The molecule has 0 spiro atoms. The van der Waals surface area contributed by atoms with E-state index in [2.05, 4.69) is 32.4 Å². The minimum Gasteiger partial charge on any atom is -0.370 e. The second-order valence-corrected chi connectivity index (χ2v) is 5.81. The Bertz CT molecular complexity index is 485. The third kappa shape index (κ3) is 3.64. The van der Waals surface area contributed by atoms with Gasteiger partial charge < -0.3 is 5.32 Å². The summed E-state index contributed by atoms with van der Waals surface area (Å²) in [5, 5.41) is 13.1. The van der Waals surface area contributed by atoms with Gasteiger partial charge in [-0.1, -0.05) is 18.3 Å². The van der Waals surface area contributed by atoms with Gasteiger partial charge in [-0.15, -0.1) is 10.2 Å². The minimum atomic E-state index is 0.852. The van der Waals surface area contributed by atoms with Crippen LogP contribution in [-0.4, -0.2) is 26.7 Å². The third-order valence-corrected chi connectivity index (χ3v) is 3.72. The van der Waals surface area contributed by atoms with Gasteiger partial charge in [-0.25, -0.2) is 9.97 Å². The molecule has 0 unspecified atom stereocenters. The van der Waals surface area contributed by atoms with Crippen molar-refractivity contribution in [1.82, 2.24) is 20.2 Å². The first-order valence-corrected chi connectivity index (χ1v) is 6.95. The lowest BCUT2D eigenvalue weighted by atomic mass is 10.4. The van der Waals surface area contributed by atoms with Crippen LogP contribution in [-0.2, 0) is 0 Å². The zero-order valence-corrected chi connectivity index (χ0v) is 11.3. The van der Waals surface area contributed by atoms with E-state index in [-0.39, 0.29) is 0 Å². The maximum atomic E-state index is 4.20. The molecule has 0 aliphatic carbocycles. The van der Waals surface area contributed by atoms with E-state index in [0.29, 0.717) is 0 Å². The molecule has 0 saturated heterocycles. The van der Waals surface area contributed by atoms with Crippen molar-refractivity contribution in [3.63, 3.8) is 0 Å². The molecule has 0 radical (unpaired) electrons. The molecule has 0 fully saturated rings. The molecule has 0 saturated carbocycles. The molecule has 2 heterocycles. The number of nitrogens with one attached hydrogen (secondary N) is 1. The number of aromatic nitrogens is 4. The summed E-state index contributed by atoms with van der Waals surface area (Å²) in [7, 11) is 0. The molecular formula is C10H13N5S2. The lowest BCUT2D eigenvalue weighted by molar-refractivity contribution is 0.950. The Morgan fingerprint density at radius 1 is 1.35 bits per heavy atom. The first kappa shape index (κ1) is 12.3. The van der Waals surface area contributed by atoms with Gasteiger partial charge >= 0.3 is 0 Å². The Labute approximate surface area is 108 Å². The molecule has 7 heteroatoms. The quantitative estimate of drug-likeness (QED) is 0.840. The normalized spacial score (nSPS) is 10.5. The largest absolute Gasteiger partial charge is 0.370 e. The first-order valence-electron chi connectivity index (χ1n) is 5.32. The second kappa shape index (κ2) is 5.92. The topological polar surface area (TPSA) is 63.6 Å². The molecule has 17 heavy (non-hydrogen) atoms. The van der Waals surface area contributed by atoms with Crippen LogP contribution in [0.15, 0.2) is 21.8 Å². The van der Waals surface area contributed by atoms with Crippen molar-refractivity contribution in [2.75, 3.05) is 11.9 Å². The van der Waals surface area contributed by atoms with Gasteiger partial charge in [-0.05, 0) is 25.1 Å². The Balaban J connectivity index is 2.05. The van der Waals surface area contributed by atoms with Crippen molar-refractivity contribution in [2.45, 2.75) is 29.6 Å². The molecule has 0 aliphatic rings. The van der Waals surface area contributed by atoms with Crippen LogP contribution in [0.25, 0.3) is 0 Å². The van der Waals surface area contributed by atoms with Crippen LogP contribution < -0.4 is 5.32 Å². The molecule has 0 aliphatic heterocycles. The first-order chi connectivity index (χ1) is 8.28. The van der Waals surface area contributed by atoms with E-state index < -0.39 is 0 Å². The average Bonchev–Trinajstić information content (AvgIpc) is 2.73. The lowest BCUT2D eigenvalue weighted by Gasteiger charge is -2.03. The fourth-order valence-electron chi connectivity index (χ4n) is 1.15. The van der Waals surface area contributed by atoms with E-state index in [1.54, 1.807) is 17.7 Å². The van der Waals surface area contributed by atoms with Gasteiger partial charge in [0.15, 0.2) is 4.34 Å². The summed E-state index contributed by atoms with van der Waals surface area (Å²) in [4.78, 5) is 8.36. The van der Waals surface area contributed by atoms with Gasteiger partial charge in [0.25, 0.3) is 0 Å². The van der Waals surface area contributed by atoms with E-state index in [4.69, 9.17) is 0 Å². The van der Waals surface area contributed by atoms with Crippen LogP contribution >= 0.6 is 23.1 Å². The molecule has 0 aromatic carbocycles. The summed E-state index contributed by atoms with van der Waals surface area (Å²) in [6.45, 7) is 4.98. The molecule has 0 atom stereocenters. The smallest absolute Gasteiger partial charge is 0.180 e. The van der Waals surface area contributed by atoms with Crippen LogP contribution in [0.4, 0.5) is 5.82 Å². The van der Waals surface area contributed by atoms with E-state index in [9.17, 15) is 0 Å². The number of anilines is 1. The fraction of sp³-hybridized carbons (Fsp3) is 0.400. The van der Waals surface area contributed by atoms with Crippen molar-refractivity contribution in [3.8, 4) is 0 Å². The number of aryl methyl sites for hydroxylation is 1. The van der Waals surface area contributed by atoms with Crippen LogP contribution in [0.3, 0.4) is 0 Å². The number of nitrogens with zero attached hydrogens (tertiary/aromatic N) is 4. The van der Waals surface area contributed by atoms with Crippen molar-refractivity contribution in [2.24, 2.45) is 0 Å². The van der Waals surface area contributed by atoms with Gasteiger partial charge in [-0.3, -0.25) is 0 Å². The Morgan fingerprint density at radius 2 is 2.24 bits per heavy atom. The van der Waals surface area contributed by atoms with Crippen LogP contribution in [0, 0.1) is 6.92 Å². The molecule has 5 nitrogen and oxygen atoms in total. The molecule has 0 amide bonds.